The third kappa shape index (κ3) is 4.04. The molecule has 0 radical (unpaired) electrons. The van der Waals surface area contributed by atoms with Gasteiger partial charge in [-0.3, -0.25) is 4.79 Å². The van der Waals surface area contributed by atoms with E-state index in [-0.39, 0.29) is 23.8 Å². The SMILES string of the molecule is CC(NC(=O)C1CCNCC1)C(c1ccccc1)c1ccccc1. The quantitative estimate of drug-likeness (QED) is 0.886. The molecule has 1 fully saturated rings. The van der Waals surface area contributed by atoms with E-state index in [4.69, 9.17) is 0 Å². The van der Waals surface area contributed by atoms with Crippen molar-refractivity contribution in [1.29, 1.82) is 0 Å². The van der Waals surface area contributed by atoms with Crippen molar-refractivity contribution in [1.82, 2.24) is 10.6 Å². The maximum Gasteiger partial charge on any atom is 0.223 e. The van der Waals surface area contributed by atoms with E-state index in [1.54, 1.807) is 0 Å². The van der Waals surface area contributed by atoms with Gasteiger partial charge in [0.05, 0.1) is 0 Å². The Kier molecular flexibility index (Phi) is 5.65. The summed E-state index contributed by atoms with van der Waals surface area (Å²) in [6.45, 7) is 3.99. The number of hydrogen-bond acceptors (Lipinski definition) is 2. The molecular weight excluding hydrogens is 296 g/mol. The van der Waals surface area contributed by atoms with E-state index in [0.29, 0.717) is 0 Å². The molecule has 3 nitrogen and oxygen atoms in total. The second-order valence-corrected chi connectivity index (χ2v) is 6.62. The zero-order valence-corrected chi connectivity index (χ0v) is 14.2. The summed E-state index contributed by atoms with van der Waals surface area (Å²) >= 11 is 0. The minimum atomic E-state index is 0.0529. The van der Waals surface area contributed by atoms with E-state index >= 15 is 0 Å². The number of carbonyl (C=O) groups excluding carboxylic acids is 1. The van der Waals surface area contributed by atoms with Crippen molar-refractivity contribution in [2.45, 2.75) is 31.7 Å². The van der Waals surface area contributed by atoms with Crippen LogP contribution in [0.4, 0.5) is 0 Å². The maximum atomic E-state index is 12.6. The van der Waals surface area contributed by atoms with Crippen LogP contribution in [0.25, 0.3) is 0 Å². The van der Waals surface area contributed by atoms with Crippen molar-refractivity contribution < 1.29 is 4.79 Å². The molecule has 3 rings (SSSR count). The van der Waals surface area contributed by atoms with E-state index in [2.05, 4.69) is 66.1 Å². The molecule has 0 bridgehead atoms. The van der Waals surface area contributed by atoms with Gasteiger partial charge >= 0.3 is 0 Å². The number of carbonyl (C=O) groups is 1. The van der Waals surface area contributed by atoms with E-state index in [1.807, 2.05) is 12.1 Å². The van der Waals surface area contributed by atoms with Crippen molar-refractivity contribution in [3.63, 3.8) is 0 Å². The van der Waals surface area contributed by atoms with Gasteiger partial charge in [-0.05, 0) is 44.0 Å². The molecule has 2 aromatic rings. The summed E-state index contributed by atoms with van der Waals surface area (Å²) in [5, 5.41) is 6.60. The highest BCUT2D eigenvalue weighted by molar-refractivity contribution is 5.79. The molecule has 1 aliphatic rings. The van der Waals surface area contributed by atoms with Crippen LogP contribution in [0.1, 0.15) is 36.8 Å². The fourth-order valence-electron chi connectivity index (χ4n) is 3.60. The van der Waals surface area contributed by atoms with Gasteiger partial charge in [-0.25, -0.2) is 0 Å². The van der Waals surface area contributed by atoms with E-state index in [9.17, 15) is 4.79 Å². The van der Waals surface area contributed by atoms with Gasteiger partial charge in [0.15, 0.2) is 0 Å². The summed E-state index contributed by atoms with van der Waals surface area (Å²) in [6, 6.07) is 20.9. The van der Waals surface area contributed by atoms with Crippen LogP contribution < -0.4 is 10.6 Å². The summed E-state index contributed by atoms with van der Waals surface area (Å²) in [6.07, 6.45) is 1.86. The second kappa shape index (κ2) is 8.11. The van der Waals surface area contributed by atoms with E-state index < -0.39 is 0 Å². The molecule has 1 heterocycles. The first-order chi connectivity index (χ1) is 11.8. The van der Waals surface area contributed by atoms with Gasteiger partial charge in [0.1, 0.15) is 0 Å². The molecule has 2 N–H and O–H groups in total. The Hall–Kier alpha value is -2.13. The van der Waals surface area contributed by atoms with Gasteiger partial charge in [-0.2, -0.15) is 0 Å². The van der Waals surface area contributed by atoms with E-state index in [1.165, 1.54) is 11.1 Å². The monoisotopic (exact) mass is 322 g/mol. The molecule has 0 spiro atoms. The first-order valence-corrected chi connectivity index (χ1v) is 8.86. The lowest BCUT2D eigenvalue weighted by Gasteiger charge is -2.29. The first-order valence-electron chi connectivity index (χ1n) is 8.86. The lowest BCUT2D eigenvalue weighted by atomic mass is 9.85. The van der Waals surface area contributed by atoms with Crippen molar-refractivity contribution in [2.24, 2.45) is 5.92 Å². The molecule has 0 saturated carbocycles. The van der Waals surface area contributed by atoms with Crippen LogP contribution in [0.5, 0.6) is 0 Å². The Morgan fingerprint density at radius 1 is 0.958 bits per heavy atom. The Bertz CT molecular complexity index is 596. The molecule has 3 heteroatoms. The highest BCUT2D eigenvalue weighted by Crippen LogP contribution is 2.28. The number of amides is 1. The molecule has 1 aliphatic heterocycles. The largest absolute Gasteiger partial charge is 0.352 e. The van der Waals surface area contributed by atoms with Crippen molar-refractivity contribution in [3.05, 3.63) is 71.8 Å². The third-order valence-electron chi connectivity index (χ3n) is 4.90. The van der Waals surface area contributed by atoms with Crippen LogP contribution in [0.2, 0.25) is 0 Å². The molecule has 1 unspecified atom stereocenters. The summed E-state index contributed by atoms with van der Waals surface area (Å²) in [4.78, 5) is 12.6. The Morgan fingerprint density at radius 2 is 1.46 bits per heavy atom. The molecule has 1 atom stereocenters. The molecule has 1 amide bonds. The minimum Gasteiger partial charge on any atom is -0.352 e. The smallest absolute Gasteiger partial charge is 0.223 e. The standard InChI is InChI=1S/C21H26N2O/c1-16(23-21(24)19-12-14-22-15-13-19)20(17-8-4-2-5-9-17)18-10-6-3-7-11-18/h2-11,16,19-20,22H,12-15H2,1H3,(H,23,24). The van der Waals surface area contributed by atoms with Gasteiger partial charge in [0.2, 0.25) is 5.91 Å². The van der Waals surface area contributed by atoms with Crippen molar-refractivity contribution in [3.8, 4) is 0 Å². The van der Waals surface area contributed by atoms with Crippen LogP contribution in [-0.2, 0) is 4.79 Å². The average molecular weight is 322 g/mol. The number of nitrogens with one attached hydrogen (secondary N) is 2. The highest BCUT2D eigenvalue weighted by atomic mass is 16.1. The van der Waals surface area contributed by atoms with Crippen LogP contribution in [0.15, 0.2) is 60.7 Å². The molecule has 2 aromatic carbocycles. The minimum absolute atomic E-state index is 0.0529. The summed E-state index contributed by atoms with van der Waals surface area (Å²) in [5.74, 6) is 0.500. The fraction of sp³-hybridized carbons (Fsp3) is 0.381. The predicted molar refractivity (Wildman–Crippen MR) is 97.9 cm³/mol. The second-order valence-electron chi connectivity index (χ2n) is 6.62. The van der Waals surface area contributed by atoms with Gasteiger partial charge in [0, 0.05) is 17.9 Å². The summed E-state index contributed by atoms with van der Waals surface area (Å²) in [5.41, 5.74) is 2.48. The van der Waals surface area contributed by atoms with Crippen LogP contribution in [-0.4, -0.2) is 25.0 Å². The predicted octanol–water partition coefficient (Wildman–Crippen LogP) is 3.32. The molecule has 126 valence electrons. The third-order valence-corrected chi connectivity index (χ3v) is 4.90. The van der Waals surface area contributed by atoms with Gasteiger partial charge < -0.3 is 10.6 Å². The zero-order chi connectivity index (χ0) is 16.8. The van der Waals surface area contributed by atoms with Crippen molar-refractivity contribution >= 4 is 5.91 Å². The molecule has 1 saturated heterocycles. The van der Waals surface area contributed by atoms with Gasteiger partial charge in [0.25, 0.3) is 0 Å². The Balaban J connectivity index is 1.79. The maximum absolute atomic E-state index is 12.6. The average Bonchev–Trinajstić information content (AvgIpc) is 2.64. The summed E-state index contributed by atoms with van der Waals surface area (Å²) in [7, 11) is 0. The van der Waals surface area contributed by atoms with Crippen LogP contribution in [0, 0.1) is 5.92 Å². The lowest BCUT2D eigenvalue weighted by Crippen LogP contribution is -2.43. The first kappa shape index (κ1) is 16.7. The molecule has 24 heavy (non-hydrogen) atoms. The number of benzene rings is 2. The number of hydrogen-bond donors (Lipinski definition) is 2. The zero-order valence-electron chi connectivity index (χ0n) is 14.2. The Labute approximate surface area is 144 Å². The normalized spacial score (nSPS) is 16.8. The molecule has 0 aromatic heterocycles. The van der Waals surface area contributed by atoms with Gasteiger partial charge in [-0.15, -0.1) is 0 Å². The Morgan fingerprint density at radius 3 is 1.96 bits per heavy atom. The number of piperidine rings is 1. The molecular formula is C21H26N2O. The van der Waals surface area contributed by atoms with Gasteiger partial charge in [-0.1, -0.05) is 60.7 Å². The van der Waals surface area contributed by atoms with Crippen LogP contribution in [0.3, 0.4) is 0 Å². The summed E-state index contributed by atoms with van der Waals surface area (Å²) < 4.78 is 0. The topological polar surface area (TPSA) is 41.1 Å². The fourth-order valence-corrected chi connectivity index (χ4v) is 3.60. The van der Waals surface area contributed by atoms with Crippen molar-refractivity contribution in [2.75, 3.05) is 13.1 Å². The number of rotatable bonds is 5. The van der Waals surface area contributed by atoms with E-state index in [0.717, 1.165) is 25.9 Å². The lowest BCUT2D eigenvalue weighted by molar-refractivity contribution is -0.126. The van der Waals surface area contributed by atoms with Crippen LogP contribution >= 0.6 is 0 Å². The molecule has 0 aliphatic carbocycles. The highest BCUT2D eigenvalue weighted by Gasteiger charge is 2.26.